The molecule has 0 atom stereocenters. The largest absolute Gasteiger partial charge is 0.507 e. The highest BCUT2D eigenvalue weighted by Crippen LogP contribution is 2.16. The predicted octanol–water partition coefficient (Wildman–Crippen LogP) is 1.12. The van der Waals surface area contributed by atoms with E-state index in [9.17, 15) is 23.1 Å². The first kappa shape index (κ1) is 15.9. The predicted molar refractivity (Wildman–Crippen MR) is 71.8 cm³/mol. The van der Waals surface area contributed by atoms with Crippen LogP contribution in [-0.2, 0) is 24.2 Å². The fraction of sp³-hybridized carbons (Fsp3) is 0.231. The van der Waals surface area contributed by atoms with Gasteiger partial charge in [0.05, 0.1) is 17.8 Å². The van der Waals surface area contributed by atoms with Crippen molar-refractivity contribution < 1.29 is 27.9 Å². The van der Waals surface area contributed by atoms with E-state index in [1.807, 2.05) is 0 Å². The smallest absolute Gasteiger partial charge is 0.378 e. The number of hydrogen-bond acceptors (Lipinski definition) is 6. The van der Waals surface area contributed by atoms with Crippen molar-refractivity contribution in [3.63, 3.8) is 0 Å². The Kier molecular flexibility index (Phi) is 5.04. The Balaban J connectivity index is 3.03. The average molecular weight is 298 g/mol. The molecule has 0 spiro atoms. The number of ketones is 1. The number of aliphatic hydroxyl groups is 1. The fourth-order valence-electron chi connectivity index (χ4n) is 1.37. The van der Waals surface area contributed by atoms with Gasteiger partial charge in [-0.05, 0) is 24.3 Å². The van der Waals surface area contributed by atoms with Gasteiger partial charge >= 0.3 is 5.97 Å². The van der Waals surface area contributed by atoms with E-state index in [0.29, 0.717) is 0 Å². The molecule has 1 aromatic carbocycles. The van der Waals surface area contributed by atoms with Gasteiger partial charge in [0.25, 0.3) is 5.78 Å². The van der Waals surface area contributed by atoms with E-state index >= 15 is 0 Å². The lowest BCUT2D eigenvalue weighted by Gasteiger charge is -2.03. The highest BCUT2D eigenvalue weighted by atomic mass is 32.2. The standard InChI is InChI=1S/C13H14O6S/c1-3-20(17,18)10-6-4-9(5-7-10)11(14)8-12(15)13(16)19-2/h4-8,14H,3H2,1-2H3/b11-8-. The molecule has 6 nitrogen and oxygen atoms in total. The first-order chi connectivity index (χ1) is 9.31. The van der Waals surface area contributed by atoms with Gasteiger partial charge in [0.1, 0.15) is 5.76 Å². The summed E-state index contributed by atoms with van der Waals surface area (Å²) in [5.74, 6) is -2.58. The molecule has 0 aliphatic heterocycles. The van der Waals surface area contributed by atoms with Gasteiger partial charge in [-0.25, -0.2) is 13.2 Å². The van der Waals surface area contributed by atoms with Crippen LogP contribution in [0.25, 0.3) is 5.76 Å². The molecule has 1 N–H and O–H groups in total. The molecule has 7 heteroatoms. The molecule has 1 rings (SSSR count). The van der Waals surface area contributed by atoms with Crippen molar-refractivity contribution >= 4 is 27.3 Å². The fourth-order valence-corrected chi connectivity index (χ4v) is 2.25. The quantitative estimate of drug-likeness (QED) is 0.378. The molecule has 0 aliphatic carbocycles. The molecule has 0 saturated carbocycles. The van der Waals surface area contributed by atoms with E-state index in [0.717, 1.165) is 13.2 Å². The van der Waals surface area contributed by atoms with Crippen LogP contribution >= 0.6 is 0 Å². The summed E-state index contributed by atoms with van der Waals surface area (Å²) in [7, 11) is -2.27. The average Bonchev–Trinajstić information content (AvgIpc) is 2.46. The molecular weight excluding hydrogens is 284 g/mol. The number of benzene rings is 1. The topological polar surface area (TPSA) is 97.7 Å². The Morgan fingerprint density at radius 1 is 1.25 bits per heavy atom. The Hall–Kier alpha value is -2.15. The van der Waals surface area contributed by atoms with Crippen LogP contribution < -0.4 is 0 Å². The maximum Gasteiger partial charge on any atom is 0.378 e. The minimum absolute atomic E-state index is 0.0327. The maximum atomic E-state index is 11.6. The zero-order chi connectivity index (χ0) is 15.3. The van der Waals surface area contributed by atoms with Gasteiger partial charge in [-0.2, -0.15) is 0 Å². The molecule has 0 aliphatic rings. The lowest BCUT2D eigenvalue weighted by atomic mass is 10.1. The van der Waals surface area contributed by atoms with E-state index < -0.39 is 27.3 Å². The molecule has 0 aromatic heterocycles. The summed E-state index contributed by atoms with van der Waals surface area (Å²) in [6, 6.07) is 5.33. The third kappa shape index (κ3) is 3.67. The van der Waals surface area contributed by atoms with Crippen molar-refractivity contribution in [2.45, 2.75) is 11.8 Å². The molecule has 0 fully saturated rings. The van der Waals surface area contributed by atoms with Crippen molar-refractivity contribution in [1.82, 2.24) is 0 Å². The van der Waals surface area contributed by atoms with Gasteiger partial charge < -0.3 is 9.84 Å². The number of hydrogen-bond donors (Lipinski definition) is 1. The summed E-state index contributed by atoms with van der Waals surface area (Å²) in [4.78, 5) is 22.2. The van der Waals surface area contributed by atoms with E-state index in [-0.39, 0.29) is 16.2 Å². The van der Waals surface area contributed by atoms with Gasteiger partial charge in [0, 0.05) is 11.6 Å². The van der Waals surface area contributed by atoms with Crippen molar-refractivity contribution in [3.05, 3.63) is 35.9 Å². The number of ether oxygens (including phenoxy) is 1. The van der Waals surface area contributed by atoms with E-state index in [1.54, 1.807) is 0 Å². The van der Waals surface area contributed by atoms with Crippen LogP contribution in [0.15, 0.2) is 35.2 Å². The number of sulfone groups is 1. The van der Waals surface area contributed by atoms with Gasteiger partial charge in [-0.1, -0.05) is 6.92 Å². The highest BCUT2D eigenvalue weighted by molar-refractivity contribution is 7.91. The number of esters is 1. The minimum Gasteiger partial charge on any atom is -0.507 e. The Labute approximate surface area is 116 Å². The van der Waals surface area contributed by atoms with Gasteiger partial charge in [-0.3, -0.25) is 4.79 Å². The molecular formula is C13H14O6S. The van der Waals surface area contributed by atoms with E-state index in [1.165, 1.54) is 31.2 Å². The van der Waals surface area contributed by atoms with Crippen LogP contribution in [0, 0.1) is 0 Å². The lowest BCUT2D eigenvalue weighted by Crippen LogP contribution is -2.13. The zero-order valence-corrected chi connectivity index (χ0v) is 11.8. The van der Waals surface area contributed by atoms with Gasteiger partial charge in [0.15, 0.2) is 9.84 Å². The molecule has 0 radical (unpaired) electrons. The summed E-state index contributed by atoms with van der Waals surface area (Å²) < 4.78 is 27.4. The molecule has 0 heterocycles. The second-order valence-electron chi connectivity index (χ2n) is 3.81. The third-order valence-electron chi connectivity index (χ3n) is 2.54. The van der Waals surface area contributed by atoms with Crippen molar-refractivity contribution in [3.8, 4) is 0 Å². The highest BCUT2D eigenvalue weighted by Gasteiger charge is 2.14. The minimum atomic E-state index is -3.32. The van der Waals surface area contributed by atoms with Crippen LogP contribution in [0.3, 0.4) is 0 Å². The number of methoxy groups -OCH3 is 1. The van der Waals surface area contributed by atoms with Crippen molar-refractivity contribution in [1.29, 1.82) is 0 Å². The summed E-state index contributed by atoms with van der Waals surface area (Å²) in [5.41, 5.74) is 0.220. The molecule has 20 heavy (non-hydrogen) atoms. The summed E-state index contributed by atoms with van der Waals surface area (Å²) >= 11 is 0. The van der Waals surface area contributed by atoms with Crippen LogP contribution in [0.4, 0.5) is 0 Å². The van der Waals surface area contributed by atoms with Crippen LogP contribution in [0.1, 0.15) is 12.5 Å². The van der Waals surface area contributed by atoms with Crippen LogP contribution in [-0.4, -0.2) is 38.1 Å². The van der Waals surface area contributed by atoms with Gasteiger partial charge in [0.2, 0.25) is 0 Å². The Bertz CT molecular complexity index is 640. The van der Waals surface area contributed by atoms with Crippen molar-refractivity contribution in [2.24, 2.45) is 0 Å². The molecule has 0 bridgehead atoms. The SMILES string of the molecule is CCS(=O)(=O)c1ccc(/C(O)=C/C(=O)C(=O)OC)cc1. The second kappa shape index (κ2) is 6.33. The monoisotopic (exact) mass is 298 g/mol. The molecule has 0 saturated heterocycles. The van der Waals surface area contributed by atoms with E-state index in [2.05, 4.69) is 4.74 Å². The first-order valence-corrected chi connectivity index (χ1v) is 7.33. The number of rotatable bonds is 5. The normalized spacial score (nSPS) is 12.0. The van der Waals surface area contributed by atoms with Crippen LogP contribution in [0.5, 0.6) is 0 Å². The summed E-state index contributed by atoms with van der Waals surface area (Å²) in [5, 5.41) is 9.67. The van der Waals surface area contributed by atoms with Gasteiger partial charge in [-0.15, -0.1) is 0 Å². The Morgan fingerprint density at radius 2 is 1.80 bits per heavy atom. The molecule has 1 aromatic rings. The second-order valence-corrected chi connectivity index (χ2v) is 6.09. The zero-order valence-electron chi connectivity index (χ0n) is 11.0. The Morgan fingerprint density at radius 3 is 2.25 bits per heavy atom. The first-order valence-electron chi connectivity index (χ1n) is 5.68. The number of carbonyl (C=O) groups is 2. The molecule has 0 amide bonds. The summed E-state index contributed by atoms with van der Waals surface area (Å²) in [6.07, 6.45) is 0.717. The van der Waals surface area contributed by atoms with Crippen LogP contribution in [0.2, 0.25) is 0 Å². The maximum absolute atomic E-state index is 11.6. The van der Waals surface area contributed by atoms with Crippen molar-refractivity contribution in [2.75, 3.05) is 12.9 Å². The number of aliphatic hydroxyl groups excluding tert-OH is 1. The third-order valence-corrected chi connectivity index (χ3v) is 4.29. The molecule has 0 unspecified atom stereocenters. The summed E-state index contributed by atoms with van der Waals surface area (Å²) in [6.45, 7) is 1.52. The molecule has 108 valence electrons. The lowest BCUT2D eigenvalue weighted by molar-refractivity contribution is -0.149. The number of carbonyl (C=O) groups excluding carboxylic acids is 2. The van der Waals surface area contributed by atoms with E-state index in [4.69, 9.17) is 0 Å².